The van der Waals surface area contributed by atoms with Gasteiger partial charge in [-0.25, -0.2) is 0 Å². The van der Waals surface area contributed by atoms with E-state index in [4.69, 9.17) is 4.74 Å². The molecule has 0 fully saturated rings. The summed E-state index contributed by atoms with van der Waals surface area (Å²) in [6.07, 6.45) is 5.77. The molecule has 5 heteroatoms. The van der Waals surface area contributed by atoms with Crippen LogP contribution in [-0.4, -0.2) is 30.6 Å². The van der Waals surface area contributed by atoms with E-state index in [1.807, 2.05) is 12.3 Å². The number of ether oxygens (including phenoxy) is 1. The first-order chi connectivity index (χ1) is 12.6. The lowest BCUT2D eigenvalue weighted by Crippen LogP contribution is -2.38. The second kappa shape index (κ2) is 10.4. The molecule has 0 aliphatic rings. The highest BCUT2D eigenvalue weighted by Gasteiger charge is 2.08. The SMILES string of the molecule is CCC(C)Oc1cc(C)ccc1CNC(=NC)NCCc1cccnc1. The number of hydrogen-bond acceptors (Lipinski definition) is 3. The number of aromatic nitrogens is 1. The Balaban J connectivity index is 1.89. The zero-order valence-electron chi connectivity index (χ0n) is 16.2. The minimum Gasteiger partial charge on any atom is -0.490 e. The van der Waals surface area contributed by atoms with E-state index in [0.717, 1.165) is 36.7 Å². The fraction of sp³-hybridized carbons (Fsp3) is 0.429. The van der Waals surface area contributed by atoms with Gasteiger partial charge in [-0.15, -0.1) is 0 Å². The Morgan fingerprint density at radius 1 is 1.27 bits per heavy atom. The first-order valence-electron chi connectivity index (χ1n) is 9.22. The van der Waals surface area contributed by atoms with Gasteiger partial charge in [0.25, 0.3) is 0 Å². The number of guanidine groups is 1. The van der Waals surface area contributed by atoms with Crippen LogP contribution in [-0.2, 0) is 13.0 Å². The number of nitrogens with one attached hydrogen (secondary N) is 2. The van der Waals surface area contributed by atoms with Crippen LogP contribution >= 0.6 is 0 Å². The molecule has 1 unspecified atom stereocenters. The quantitative estimate of drug-likeness (QED) is 0.563. The number of rotatable bonds is 8. The molecule has 0 aliphatic carbocycles. The molecule has 0 saturated carbocycles. The molecule has 1 heterocycles. The summed E-state index contributed by atoms with van der Waals surface area (Å²) in [6.45, 7) is 7.78. The lowest BCUT2D eigenvalue weighted by atomic mass is 10.1. The molecular formula is C21H30N4O. The normalized spacial score (nSPS) is 12.5. The summed E-state index contributed by atoms with van der Waals surface area (Å²) in [6, 6.07) is 10.4. The maximum absolute atomic E-state index is 6.07. The van der Waals surface area contributed by atoms with Crippen molar-refractivity contribution in [2.75, 3.05) is 13.6 Å². The van der Waals surface area contributed by atoms with Gasteiger partial charge in [-0.2, -0.15) is 0 Å². The van der Waals surface area contributed by atoms with Gasteiger partial charge in [-0.05, 0) is 49.9 Å². The van der Waals surface area contributed by atoms with Gasteiger partial charge in [0.2, 0.25) is 0 Å². The molecule has 2 rings (SSSR count). The molecule has 26 heavy (non-hydrogen) atoms. The fourth-order valence-corrected chi connectivity index (χ4v) is 2.49. The Bertz CT molecular complexity index is 700. The highest BCUT2D eigenvalue weighted by atomic mass is 16.5. The van der Waals surface area contributed by atoms with Gasteiger partial charge in [0.1, 0.15) is 5.75 Å². The zero-order valence-corrected chi connectivity index (χ0v) is 16.2. The van der Waals surface area contributed by atoms with E-state index in [0.29, 0.717) is 6.54 Å². The van der Waals surface area contributed by atoms with E-state index >= 15 is 0 Å². The van der Waals surface area contributed by atoms with E-state index in [1.165, 1.54) is 11.1 Å². The Kier molecular flexibility index (Phi) is 7.93. The molecule has 2 N–H and O–H groups in total. The van der Waals surface area contributed by atoms with Crippen molar-refractivity contribution in [3.05, 3.63) is 59.4 Å². The van der Waals surface area contributed by atoms with Gasteiger partial charge in [0, 0.05) is 38.1 Å². The van der Waals surface area contributed by atoms with Crippen LogP contribution < -0.4 is 15.4 Å². The summed E-state index contributed by atoms with van der Waals surface area (Å²) < 4.78 is 6.07. The maximum atomic E-state index is 6.07. The Hall–Kier alpha value is -2.56. The smallest absolute Gasteiger partial charge is 0.191 e. The van der Waals surface area contributed by atoms with Crippen LogP contribution in [0.2, 0.25) is 0 Å². The Morgan fingerprint density at radius 2 is 2.12 bits per heavy atom. The lowest BCUT2D eigenvalue weighted by molar-refractivity contribution is 0.215. The molecule has 2 aromatic rings. The fourth-order valence-electron chi connectivity index (χ4n) is 2.49. The van der Waals surface area contributed by atoms with Gasteiger partial charge < -0.3 is 15.4 Å². The summed E-state index contributed by atoms with van der Waals surface area (Å²) in [4.78, 5) is 8.43. The highest BCUT2D eigenvalue weighted by Crippen LogP contribution is 2.22. The molecule has 0 amide bonds. The number of nitrogens with zero attached hydrogens (tertiary/aromatic N) is 2. The van der Waals surface area contributed by atoms with E-state index < -0.39 is 0 Å². The molecule has 1 atom stereocenters. The van der Waals surface area contributed by atoms with E-state index in [9.17, 15) is 0 Å². The monoisotopic (exact) mass is 354 g/mol. The Labute approximate surface area is 156 Å². The first kappa shape index (κ1) is 19.8. The number of aryl methyl sites for hydroxylation is 1. The van der Waals surface area contributed by atoms with Crippen molar-refractivity contribution in [2.45, 2.75) is 46.3 Å². The van der Waals surface area contributed by atoms with Crippen molar-refractivity contribution in [1.82, 2.24) is 15.6 Å². The van der Waals surface area contributed by atoms with Crippen LogP contribution in [0.3, 0.4) is 0 Å². The van der Waals surface area contributed by atoms with E-state index in [-0.39, 0.29) is 6.10 Å². The van der Waals surface area contributed by atoms with Gasteiger partial charge in [-0.3, -0.25) is 9.98 Å². The molecule has 0 saturated heterocycles. The van der Waals surface area contributed by atoms with Gasteiger partial charge >= 0.3 is 0 Å². The first-order valence-corrected chi connectivity index (χ1v) is 9.22. The highest BCUT2D eigenvalue weighted by molar-refractivity contribution is 5.79. The summed E-state index contributed by atoms with van der Waals surface area (Å²) >= 11 is 0. The summed E-state index contributed by atoms with van der Waals surface area (Å²) in [5, 5.41) is 6.71. The molecular weight excluding hydrogens is 324 g/mol. The van der Waals surface area contributed by atoms with Crippen LogP contribution in [0.4, 0.5) is 0 Å². The minimum atomic E-state index is 0.201. The average molecular weight is 354 g/mol. The van der Waals surface area contributed by atoms with Crippen LogP contribution in [0.15, 0.2) is 47.7 Å². The molecule has 0 aliphatic heterocycles. The van der Waals surface area contributed by atoms with Gasteiger partial charge in [0.15, 0.2) is 5.96 Å². The second-order valence-electron chi connectivity index (χ2n) is 6.41. The molecule has 1 aromatic carbocycles. The predicted molar refractivity (Wildman–Crippen MR) is 108 cm³/mol. The van der Waals surface area contributed by atoms with Crippen molar-refractivity contribution < 1.29 is 4.74 Å². The van der Waals surface area contributed by atoms with Crippen molar-refractivity contribution in [3.8, 4) is 5.75 Å². The summed E-state index contributed by atoms with van der Waals surface area (Å²) in [5.41, 5.74) is 3.54. The van der Waals surface area contributed by atoms with Crippen molar-refractivity contribution in [2.24, 2.45) is 4.99 Å². The number of aliphatic imine (C=N–C) groups is 1. The van der Waals surface area contributed by atoms with Gasteiger partial charge in [-0.1, -0.05) is 25.1 Å². The van der Waals surface area contributed by atoms with Crippen molar-refractivity contribution in [1.29, 1.82) is 0 Å². The summed E-state index contributed by atoms with van der Waals surface area (Å²) in [7, 11) is 1.78. The van der Waals surface area contributed by atoms with Crippen LogP contribution in [0.25, 0.3) is 0 Å². The van der Waals surface area contributed by atoms with Crippen LogP contribution in [0, 0.1) is 6.92 Å². The number of pyridine rings is 1. The molecule has 5 nitrogen and oxygen atoms in total. The maximum Gasteiger partial charge on any atom is 0.191 e. The third-order valence-electron chi connectivity index (χ3n) is 4.22. The van der Waals surface area contributed by atoms with Gasteiger partial charge in [0.05, 0.1) is 6.10 Å². The largest absolute Gasteiger partial charge is 0.490 e. The lowest BCUT2D eigenvalue weighted by Gasteiger charge is -2.18. The standard InChI is InChI=1S/C21H30N4O/c1-5-17(3)26-20-13-16(2)8-9-19(20)15-25-21(22-4)24-12-10-18-7-6-11-23-14-18/h6-9,11,13-14,17H,5,10,12,15H2,1-4H3,(H2,22,24,25). The van der Waals surface area contributed by atoms with E-state index in [1.54, 1.807) is 13.2 Å². The molecule has 0 radical (unpaired) electrons. The summed E-state index contributed by atoms with van der Waals surface area (Å²) in [5.74, 6) is 1.72. The number of hydrogen-bond donors (Lipinski definition) is 2. The minimum absolute atomic E-state index is 0.201. The van der Waals surface area contributed by atoms with Crippen molar-refractivity contribution in [3.63, 3.8) is 0 Å². The zero-order chi connectivity index (χ0) is 18.8. The predicted octanol–water partition coefficient (Wildman–Crippen LogP) is 3.48. The molecule has 0 spiro atoms. The van der Waals surface area contributed by atoms with Crippen LogP contribution in [0.5, 0.6) is 5.75 Å². The third-order valence-corrected chi connectivity index (χ3v) is 4.22. The molecule has 1 aromatic heterocycles. The second-order valence-corrected chi connectivity index (χ2v) is 6.41. The van der Waals surface area contributed by atoms with Crippen molar-refractivity contribution >= 4 is 5.96 Å². The van der Waals surface area contributed by atoms with E-state index in [2.05, 4.69) is 65.6 Å². The molecule has 140 valence electrons. The number of benzene rings is 1. The Morgan fingerprint density at radius 3 is 2.81 bits per heavy atom. The average Bonchev–Trinajstić information content (AvgIpc) is 2.66. The molecule has 0 bridgehead atoms. The van der Waals surface area contributed by atoms with Crippen LogP contribution in [0.1, 0.15) is 37.0 Å². The topological polar surface area (TPSA) is 58.5 Å². The third kappa shape index (κ3) is 6.39.